The minimum atomic E-state index is 0.744. The molecule has 0 spiro atoms. The van der Waals surface area contributed by atoms with Crippen molar-refractivity contribution in [2.24, 2.45) is 0 Å². The van der Waals surface area contributed by atoms with Gasteiger partial charge in [-0.25, -0.2) is 4.98 Å². The van der Waals surface area contributed by atoms with Crippen LogP contribution in [0.3, 0.4) is 0 Å². The molecule has 15 heavy (non-hydrogen) atoms. The summed E-state index contributed by atoms with van der Waals surface area (Å²) in [5.74, 6) is 0.903. The quantitative estimate of drug-likeness (QED) is 0.717. The van der Waals surface area contributed by atoms with E-state index in [1.54, 1.807) is 6.20 Å². The monoisotopic (exact) mass is 208 g/mol. The summed E-state index contributed by atoms with van der Waals surface area (Å²) in [6.45, 7) is 4.01. The molecule has 0 aliphatic carbocycles. The van der Waals surface area contributed by atoms with Gasteiger partial charge in [-0.15, -0.1) is 0 Å². The van der Waals surface area contributed by atoms with Crippen molar-refractivity contribution in [3.05, 3.63) is 17.8 Å². The number of nitrogens with two attached hydrogens (primary N) is 1. The first-order valence-corrected chi connectivity index (χ1v) is 5.20. The maximum atomic E-state index is 5.69. The Morgan fingerprint density at radius 3 is 2.80 bits per heavy atom. The lowest BCUT2D eigenvalue weighted by Crippen LogP contribution is -2.16. The van der Waals surface area contributed by atoms with Gasteiger partial charge >= 0.3 is 0 Å². The van der Waals surface area contributed by atoms with E-state index in [4.69, 9.17) is 5.73 Å². The number of aromatic nitrogens is 1. The molecule has 0 aliphatic heterocycles. The smallest absolute Gasteiger partial charge is 0.126 e. The fraction of sp³-hybridized carbons (Fsp3) is 0.545. The third kappa shape index (κ3) is 4.16. The predicted octanol–water partition coefficient (Wildman–Crippen LogP) is 1.34. The molecule has 1 aromatic heterocycles. The molecule has 0 bridgehead atoms. The van der Waals surface area contributed by atoms with Crippen molar-refractivity contribution in [1.82, 2.24) is 9.88 Å². The molecule has 4 nitrogen and oxygen atoms in total. The lowest BCUT2D eigenvalue weighted by molar-refractivity contribution is 0.405. The molecule has 3 N–H and O–H groups in total. The Labute approximate surface area is 91.5 Å². The van der Waals surface area contributed by atoms with Crippen LogP contribution in [0.4, 0.5) is 11.5 Å². The van der Waals surface area contributed by atoms with Gasteiger partial charge in [0.2, 0.25) is 0 Å². The van der Waals surface area contributed by atoms with Crippen LogP contribution in [0.25, 0.3) is 0 Å². The Bertz CT molecular complexity index is 309. The molecule has 1 aromatic rings. The molecule has 4 heteroatoms. The molecule has 0 saturated carbocycles. The van der Waals surface area contributed by atoms with Crippen LogP contribution in [0.1, 0.15) is 12.0 Å². The van der Waals surface area contributed by atoms with Gasteiger partial charge in [-0.1, -0.05) is 0 Å². The zero-order valence-electron chi connectivity index (χ0n) is 9.75. The minimum Gasteiger partial charge on any atom is -0.397 e. The second-order valence-electron chi connectivity index (χ2n) is 4.01. The second kappa shape index (κ2) is 5.56. The molecule has 0 atom stereocenters. The summed E-state index contributed by atoms with van der Waals surface area (Å²) < 4.78 is 0. The summed E-state index contributed by atoms with van der Waals surface area (Å²) in [4.78, 5) is 6.38. The van der Waals surface area contributed by atoms with Crippen molar-refractivity contribution in [3.8, 4) is 0 Å². The van der Waals surface area contributed by atoms with Crippen LogP contribution in [0.2, 0.25) is 0 Å². The van der Waals surface area contributed by atoms with Crippen LogP contribution < -0.4 is 11.1 Å². The normalized spacial score (nSPS) is 10.7. The highest BCUT2D eigenvalue weighted by molar-refractivity contribution is 5.50. The van der Waals surface area contributed by atoms with Gasteiger partial charge in [0, 0.05) is 6.54 Å². The maximum Gasteiger partial charge on any atom is 0.126 e. The van der Waals surface area contributed by atoms with Crippen LogP contribution in [0.5, 0.6) is 0 Å². The summed E-state index contributed by atoms with van der Waals surface area (Å²) in [5, 5.41) is 3.27. The van der Waals surface area contributed by atoms with Crippen LogP contribution >= 0.6 is 0 Å². The highest BCUT2D eigenvalue weighted by Crippen LogP contribution is 2.12. The van der Waals surface area contributed by atoms with Crippen molar-refractivity contribution in [3.63, 3.8) is 0 Å². The van der Waals surface area contributed by atoms with Crippen molar-refractivity contribution < 1.29 is 0 Å². The Kier molecular flexibility index (Phi) is 4.37. The molecule has 1 rings (SSSR count). The topological polar surface area (TPSA) is 54.2 Å². The molecular formula is C11H20N4. The van der Waals surface area contributed by atoms with E-state index in [1.807, 2.05) is 13.0 Å². The largest absolute Gasteiger partial charge is 0.397 e. The average Bonchev–Trinajstić information content (AvgIpc) is 2.18. The Balaban J connectivity index is 2.35. The summed E-state index contributed by atoms with van der Waals surface area (Å²) in [6.07, 6.45) is 2.81. The first kappa shape index (κ1) is 11.8. The molecule has 0 aromatic carbocycles. The molecule has 0 amide bonds. The van der Waals surface area contributed by atoms with Gasteiger partial charge in [-0.3, -0.25) is 0 Å². The molecule has 84 valence electrons. The van der Waals surface area contributed by atoms with Gasteiger partial charge in [0.1, 0.15) is 5.82 Å². The molecule has 0 aliphatic rings. The lowest BCUT2D eigenvalue weighted by atomic mass is 10.2. The summed E-state index contributed by atoms with van der Waals surface area (Å²) >= 11 is 0. The molecule has 0 radical (unpaired) electrons. The van der Waals surface area contributed by atoms with Crippen LogP contribution in [0.15, 0.2) is 12.3 Å². The lowest BCUT2D eigenvalue weighted by Gasteiger charge is -2.10. The standard InChI is InChI=1S/C11H20N4/c1-9-7-11(14-8-10(9)12)13-5-4-6-15(2)3/h7-8H,4-6,12H2,1-3H3,(H,13,14). The number of aryl methyl sites for hydroxylation is 1. The van der Waals surface area contributed by atoms with Gasteiger partial charge in [0.05, 0.1) is 11.9 Å². The first-order chi connectivity index (χ1) is 7.09. The zero-order chi connectivity index (χ0) is 11.3. The maximum absolute atomic E-state index is 5.69. The molecular weight excluding hydrogens is 188 g/mol. The number of rotatable bonds is 5. The summed E-state index contributed by atoms with van der Waals surface area (Å²) in [5.41, 5.74) is 7.50. The Hall–Kier alpha value is -1.29. The van der Waals surface area contributed by atoms with E-state index in [9.17, 15) is 0 Å². The van der Waals surface area contributed by atoms with Crippen molar-refractivity contribution >= 4 is 11.5 Å². The van der Waals surface area contributed by atoms with E-state index in [-0.39, 0.29) is 0 Å². The van der Waals surface area contributed by atoms with Crippen molar-refractivity contribution in [1.29, 1.82) is 0 Å². The first-order valence-electron chi connectivity index (χ1n) is 5.20. The van der Waals surface area contributed by atoms with E-state index in [0.717, 1.165) is 36.6 Å². The van der Waals surface area contributed by atoms with Gasteiger partial charge in [0.25, 0.3) is 0 Å². The minimum absolute atomic E-state index is 0.744. The average molecular weight is 208 g/mol. The van der Waals surface area contributed by atoms with E-state index in [1.165, 1.54) is 0 Å². The van der Waals surface area contributed by atoms with Gasteiger partial charge in [-0.2, -0.15) is 0 Å². The third-order valence-corrected chi connectivity index (χ3v) is 2.24. The molecule has 0 unspecified atom stereocenters. The zero-order valence-corrected chi connectivity index (χ0v) is 9.75. The second-order valence-corrected chi connectivity index (χ2v) is 4.01. The van der Waals surface area contributed by atoms with Crippen molar-refractivity contribution in [2.75, 3.05) is 38.2 Å². The number of nitrogens with zero attached hydrogens (tertiary/aromatic N) is 2. The fourth-order valence-corrected chi connectivity index (χ4v) is 1.27. The van der Waals surface area contributed by atoms with Crippen LogP contribution in [-0.2, 0) is 0 Å². The Morgan fingerprint density at radius 1 is 1.47 bits per heavy atom. The summed E-state index contributed by atoms with van der Waals surface area (Å²) in [6, 6.07) is 1.98. The molecule has 1 heterocycles. The van der Waals surface area contributed by atoms with Gasteiger partial charge in [0.15, 0.2) is 0 Å². The van der Waals surface area contributed by atoms with Crippen molar-refractivity contribution in [2.45, 2.75) is 13.3 Å². The van der Waals surface area contributed by atoms with Gasteiger partial charge in [-0.05, 0) is 45.6 Å². The Morgan fingerprint density at radius 2 is 2.20 bits per heavy atom. The number of nitrogen functional groups attached to an aromatic ring is 1. The number of anilines is 2. The summed E-state index contributed by atoms with van der Waals surface area (Å²) in [7, 11) is 4.15. The number of pyridine rings is 1. The fourth-order valence-electron chi connectivity index (χ4n) is 1.27. The molecule has 0 saturated heterocycles. The van der Waals surface area contributed by atoms with Crippen LogP contribution in [0, 0.1) is 6.92 Å². The predicted molar refractivity (Wildman–Crippen MR) is 65.0 cm³/mol. The van der Waals surface area contributed by atoms with E-state index >= 15 is 0 Å². The van der Waals surface area contributed by atoms with Crippen LogP contribution in [-0.4, -0.2) is 37.1 Å². The molecule has 0 fully saturated rings. The SMILES string of the molecule is Cc1cc(NCCCN(C)C)ncc1N. The third-order valence-electron chi connectivity index (χ3n) is 2.24. The van der Waals surface area contributed by atoms with E-state index < -0.39 is 0 Å². The van der Waals surface area contributed by atoms with E-state index in [2.05, 4.69) is 29.3 Å². The number of nitrogens with one attached hydrogen (secondary N) is 1. The number of hydrogen-bond donors (Lipinski definition) is 2. The highest BCUT2D eigenvalue weighted by atomic mass is 15.1. The number of hydrogen-bond acceptors (Lipinski definition) is 4. The van der Waals surface area contributed by atoms with E-state index in [0.29, 0.717) is 0 Å². The van der Waals surface area contributed by atoms with Gasteiger partial charge < -0.3 is 16.0 Å². The highest BCUT2D eigenvalue weighted by Gasteiger charge is 1.97.